The molecule has 21 heavy (non-hydrogen) atoms. The van der Waals surface area contributed by atoms with Gasteiger partial charge in [0.1, 0.15) is 17.1 Å². The molecule has 1 unspecified atom stereocenters. The fourth-order valence-corrected chi connectivity index (χ4v) is 2.34. The molecule has 0 aliphatic heterocycles. The molecule has 3 aromatic rings. The van der Waals surface area contributed by atoms with Gasteiger partial charge in [0.05, 0.1) is 12.6 Å². The summed E-state index contributed by atoms with van der Waals surface area (Å²) in [5.74, 6) is 1.69. The topological polar surface area (TPSA) is 48.4 Å². The third-order valence-corrected chi connectivity index (χ3v) is 3.50. The van der Waals surface area contributed by atoms with Gasteiger partial charge in [-0.1, -0.05) is 30.3 Å². The van der Waals surface area contributed by atoms with Gasteiger partial charge in [-0.25, -0.2) is 0 Å². The van der Waals surface area contributed by atoms with Crippen molar-refractivity contribution in [3.63, 3.8) is 0 Å². The Balaban J connectivity index is 1.60. The minimum absolute atomic E-state index is 0.151. The van der Waals surface area contributed by atoms with Gasteiger partial charge in [0.2, 0.25) is 0 Å². The van der Waals surface area contributed by atoms with E-state index in [0.29, 0.717) is 13.0 Å². The lowest BCUT2D eigenvalue weighted by Gasteiger charge is -2.10. The number of furan rings is 1. The van der Waals surface area contributed by atoms with Crippen LogP contribution in [0.15, 0.2) is 59.0 Å². The summed E-state index contributed by atoms with van der Waals surface area (Å²) in [6.07, 6.45) is 0.716. The lowest BCUT2D eigenvalue weighted by molar-refractivity contribution is 0.290. The minimum atomic E-state index is -0.151. The Morgan fingerprint density at radius 3 is 2.76 bits per heavy atom. The van der Waals surface area contributed by atoms with Crippen LogP contribution in [0, 0.1) is 6.92 Å². The van der Waals surface area contributed by atoms with Crippen LogP contribution < -0.4 is 10.5 Å². The molecule has 0 bridgehead atoms. The first-order chi connectivity index (χ1) is 10.2. The van der Waals surface area contributed by atoms with E-state index in [-0.39, 0.29) is 6.04 Å². The first-order valence-corrected chi connectivity index (χ1v) is 7.16. The highest BCUT2D eigenvalue weighted by atomic mass is 16.5. The van der Waals surface area contributed by atoms with Gasteiger partial charge >= 0.3 is 0 Å². The highest BCUT2D eigenvalue weighted by Gasteiger charge is 2.12. The van der Waals surface area contributed by atoms with Gasteiger partial charge in [-0.2, -0.15) is 0 Å². The predicted octanol–water partition coefficient (Wildman–Crippen LogP) is 4.21. The highest BCUT2D eigenvalue weighted by molar-refractivity contribution is 5.77. The van der Waals surface area contributed by atoms with E-state index in [4.69, 9.17) is 14.9 Å². The first-order valence-electron chi connectivity index (χ1n) is 7.16. The van der Waals surface area contributed by atoms with Gasteiger partial charge in [-0.3, -0.25) is 0 Å². The monoisotopic (exact) mass is 281 g/mol. The highest BCUT2D eigenvalue weighted by Crippen LogP contribution is 2.24. The number of hydrogen-bond donors (Lipinski definition) is 1. The van der Waals surface area contributed by atoms with Crippen molar-refractivity contribution in [2.75, 3.05) is 6.61 Å². The number of rotatable bonds is 5. The third kappa shape index (κ3) is 3.26. The summed E-state index contributed by atoms with van der Waals surface area (Å²) in [6.45, 7) is 2.62. The van der Waals surface area contributed by atoms with E-state index in [9.17, 15) is 0 Å². The molecule has 1 aromatic heterocycles. The quantitative estimate of drug-likeness (QED) is 0.762. The molecular formula is C18H19NO2. The van der Waals surface area contributed by atoms with Crippen molar-refractivity contribution in [1.29, 1.82) is 0 Å². The molecule has 0 saturated carbocycles. The summed E-state index contributed by atoms with van der Waals surface area (Å²) < 4.78 is 11.5. The van der Waals surface area contributed by atoms with E-state index in [1.807, 2.05) is 61.5 Å². The lowest BCUT2D eigenvalue weighted by atomic mass is 10.1. The summed E-state index contributed by atoms with van der Waals surface area (Å²) in [5, 5.41) is 1.09. The number of benzene rings is 2. The molecule has 3 rings (SSSR count). The second-order valence-corrected chi connectivity index (χ2v) is 5.25. The van der Waals surface area contributed by atoms with Crippen LogP contribution in [0.3, 0.4) is 0 Å². The molecule has 3 heteroatoms. The maximum atomic E-state index is 6.18. The molecule has 0 amide bonds. The van der Waals surface area contributed by atoms with Crippen molar-refractivity contribution in [3.8, 4) is 5.75 Å². The number of aryl methyl sites for hydroxylation is 1. The van der Waals surface area contributed by atoms with Crippen molar-refractivity contribution < 1.29 is 9.15 Å². The Hall–Kier alpha value is -2.26. The zero-order valence-corrected chi connectivity index (χ0v) is 12.1. The predicted molar refractivity (Wildman–Crippen MR) is 84.4 cm³/mol. The second-order valence-electron chi connectivity index (χ2n) is 5.25. The first kappa shape index (κ1) is 13.7. The minimum Gasteiger partial charge on any atom is -0.494 e. The molecule has 0 aliphatic rings. The van der Waals surface area contributed by atoms with Crippen molar-refractivity contribution in [2.45, 2.75) is 19.4 Å². The molecule has 0 fully saturated rings. The van der Waals surface area contributed by atoms with Crippen molar-refractivity contribution in [2.24, 2.45) is 5.73 Å². The summed E-state index contributed by atoms with van der Waals surface area (Å²) in [5.41, 5.74) is 8.25. The molecule has 1 heterocycles. The van der Waals surface area contributed by atoms with E-state index in [1.54, 1.807) is 0 Å². The standard InChI is InChI=1S/C18H19NO2/c1-13-5-4-7-15(11-13)20-10-9-16(19)18-12-14-6-2-3-8-17(14)21-18/h2-8,11-12,16H,9-10,19H2,1H3. The molecule has 108 valence electrons. The Labute approximate surface area is 124 Å². The van der Waals surface area contributed by atoms with E-state index in [0.717, 1.165) is 22.5 Å². The van der Waals surface area contributed by atoms with E-state index in [2.05, 4.69) is 0 Å². The van der Waals surface area contributed by atoms with Crippen LogP contribution in [0.4, 0.5) is 0 Å². The average Bonchev–Trinajstić information content (AvgIpc) is 2.91. The largest absolute Gasteiger partial charge is 0.494 e. The van der Waals surface area contributed by atoms with Gasteiger partial charge in [0.15, 0.2) is 0 Å². The van der Waals surface area contributed by atoms with Crippen molar-refractivity contribution in [3.05, 3.63) is 65.9 Å². The molecule has 0 radical (unpaired) electrons. The average molecular weight is 281 g/mol. The normalized spacial score (nSPS) is 12.5. The number of hydrogen-bond acceptors (Lipinski definition) is 3. The van der Waals surface area contributed by atoms with Crippen molar-refractivity contribution in [1.82, 2.24) is 0 Å². The van der Waals surface area contributed by atoms with E-state index >= 15 is 0 Å². The number of para-hydroxylation sites is 1. The van der Waals surface area contributed by atoms with Crippen LogP contribution in [0.2, 0.25) is 0 Å². The molecule has 2 N–H and O–H groups in total. The molecule has 2 aromatic carbocycles. The Kier molecular flexibility index (Phi) is 3.93. The maximum absolute atomic E-state index is 6.18. The zero-order valence-electron chi connectivity index (χ0n) is 12.1. The van der Waals surface area contributed by atoms with E-state index < -0.39 is 0 Å². The fraction of sp³-hybridized carbons (Fsp3) is 0.222. The molecular weight excluding hydrogens is 262 g/mol. The van der Waals surface area contributed by atoms with Crippen LogP contribution in [-0.2, 0) is 0 Å². The number of fused-ring (bicyclic) bond motifs is 1. The maximum Gasteiger partial charge on any atom is 0.134 e. The second kappa shape index (κ2) is 6.02. The summed E-state index contributed by atoms with van der Waals surface area (Å²) in [6, 6.07) is 17.8. The Bertz CT molecular complexity index is 700. The van der Waals surface area contributed by atoms with Crippen LogP contribution >= 0.6 is 0 Å². The summed E-state index contributed by atoms with van der Waals surface area (Å²) in [7, 11) is 0. The lowest BCUT2D eigenvalue weighted by Crippen LogP contribution is -2.13. The van der Waals surface area contributed by atoms with E-state index in [1.165, 1.54) is 5.56 Å². The van der Waals surface area contributed by atoms with Gasteiger partial charge in [0, 0.05) is 11.8 Å². The van der Waals surface area contributed by atoms with Gasteiger partial charge in [-0.15, -0.1) is 0 Å². The van der Waals surface area contributed by atoms with Crippen LogP contribution in [0.5, 0.6) is 5.75 Å². The van der Waals surface area contributed by atoms with Crippen LogP contribution in [-0.4, -0.2) is 6.61 Å². The molecule has 0 aliphatic carbocycles. The summed E-state index contributed by atoms with van der Waals surface area (Å²) in [4.78, 5) is 0. The van der Waals surface area contributed by atoms with Crippen LogP contribution in [0.1, 0.15) is 23.8 Å². The Morgan fingerprint density at radius 2 is 1.95 bits per heavy atom. The number of ether oxygens (including phenoxy) is 1. The molecule has 0 saturated heterocycles. The van der Waals surface area contributed by atoms with Gasteiger partial charge in [0.25, 0.3) is 0 Å². The molecule has 1 atom stereocenters. The van der Waals surface area contributed by atoms with Crippen LogP contribution in [0.25, 0.3) is 11.0 Å². The fourth-order valence-electron chi connectivity index (χ4n) is 2.34. The third-order valence-electron chi connectivity index (χ3n) is 3.50. The smallest absolute Gasteiger partial charge is 0.134 e. The van der Waals surface area contributed by atoms with Gasteiger partial charge < -0.3 is 14.9 Å². The number of nitrogens with two attached hydrogens (primary N) is 1. The van der Waals surface area contributed by atoms with Crippen molar-refractivity contribution >= 4 is 11.0 Å². The molecule has 3 nitrogen and oxygen atoms in total. The Morgan fingerprint density at radius 1 is 1.10 bits per heavy atom. The summed E-state index contributed by atoms with van der Waals surface area (Å²) >= 11 is 0. The SMILES string of the molecule is Cc1cccc(OCCC(N)c2cc3ccccc3o2)c1. The van der Waals surface area contributed by atoms with Gasteiger partial charge in [-0.05, 0) is 36.8 Å². The zero-order chi connectivity index (χ0) is 14.7. The molecule has 0 spiro atoms.